The molecule has 4 aromatic carbocycles. The number of benzene rings is 4. The molecule has 0 saturated carbocycles. The highest BCUT2D eigenvalue weighted by Gasteiger charge is 2.05. The molecule has 14 heteroatoms. The van der Waals surface area contributed by atoms with Crippen molar-refractivity contribution in [1.82, 2.24) is 0 Å². The Labute approximate surface area is 339 Å². The minimum Gasteiger partial charge on any atom is -0.399 e. The molecular weight excluding hydrogens is 788 g/mol. The van der Waals surface area contributed by atoms with Crippen LogP contribution in [0.3, 0.4) is 0 Å². The maximum Gasteiger partial charge on any atom is 0.224 e. The fourth-order valence-electron chi connectivity index (χ4n) is 3.92. The molecule has 0 unspecified atom stereocenters. The van der Waals surface area contributed by atoms with Gasteiger partial charge in [-0.3, -0.25) is 14.4 Å². The summed E-state index contributed by atoms with van der Waals surface area (Å²) in [4.78, 5) is 47.7. The predicted molar refractivity (Wildman–Crippen MR) is 232 cm³/mol. The number of halogens is 2. The van der Waals surface area contributed by atoms with Gasteiger partial charge in [-0.25, -0.2) is 0 Å². The van der Waals surface area contributed by atoms with Crippen molar-refractivity contribution in [2.45, 2.75) is 85.3 Å². The van der Waals surface area contributed by atoms with Gasteiger partial charge in [0, 0.05) is 75.1 Å². The smallest absolute Gasteiger partial charge is 0.224 e. The van der Waals surface area contributed by atoms with Crippen LogP contribution in [-0.4, -0.2) is 29.2 Å². The molecule has 0 saturated heterocycles. The number of anilines is 4. The molecule has 0 atom stereocenters. The third-order valence-electron chi connectivity index (χ3n) is 6.69. The van der Waals surface area contributed by atoms with Gasteiger partial charge in [0.2, 0.25) is 16.4 Å². The van der Waals surface area contributed by atoms with Crippen molar-refractivity contribution in [3.05, 3.63) is 97.1 Å². The van der Waals surface area contributed by atoms with E-state index < -0.39 is 0 Å². The minimum absolute atomic E-state index is 0. The lowest BCUT2D eigenvalue weighted by molar-refractivity contribution is -0.118. The highest BCUT2D eigenvalue weighted by molar-refractivity contribution is 8.77. The van der Waals surface area contributed by atoms with Crippen molar-refractivity contribution >= 4 is 111 Å². The summed E-state index contributed by atoms with van der Waals surface area (Å²) in [5.74, 6) is 0.169. The Kier molecular flexibility index (Phi) is 25.4. The number of nitrogens with one attached hydrogen (secondary N) is 2. The lowest BCUT2D eigenvalue weighted by Gasteiger charge is -2.07. The summed E-state index contributed by atoms with van der Waals surface area (Å²) in [6.07, 6.45) is 4.43. The average Bonchev–Trinajstić information content (AvgIpc) is 3.13. The van der Waals surface area contributed by atoms with Crippen LogP contribution in [0.2, 0.25) is 0 Å². The molecule has 0 radical (unpaired) electrons. The van der Waals surface area contributed by atoms with Crippen molar-refractivity contribution in [1.29, 1.82) is 0 Å². The SMILES string of the molecule is C.CNc1ccc(SSc2ccc(NC(=O)CCCCC(C)=O)cc2)cc1.Nc1ccc(SSc2ccc(N)cc2)cc1.O=C(Cl)CCCCC(=O)Cl. The maximum absolute atomic E-state index is 11.9. The van der Waals surface area contributed by atoms with Gasteiger partial charge in [0.05, 0.1) is 0 Å². The van der Waals surface area contributed by atoms with E-state index in [2.05, 4.69) is 34.9 Å². The fourth-order valence-corrected chi connectivity index (χ4v) is 8.05. The van der Waals surface area contributed by atoms with Crippen molar-refractivity contribution in [2.75, 3.05) is 29.1 Å². The number of unbranched alkanes of at least 4 members (excludes halogenated alkanes) is 2. The van der Waals surface area contributed by atoms with E-state index in [-0.39, 0.29) is 29.6 Å². The summed E-state index contributed by atoms with van der Waals surface area (Å²) in [5, 5.41) is 5.28. The molecule has 0 heterocycles. The Bertz CT molecular complexity index is 1600. The molecule has 1 amide bonds. The van der Waals surface area contributed by atoms with Crippen molar-refractivity contribution in [3.8, 4) is 0 Å². The van der Waals surface area contributed by atoms with Crippen LogP contribution >= 0.6 is 66.4 Å². The molecule has 0 aliphatic rings. The maximum atomic E-state index is 11.9. The van der Waals surface area contributed by atoms with E-state index in [1.165, 1.54) is 14.7 Å². The normalized spacial score (nSPS) is 9.96. The number of hydrogen-bond donors (Lipinski definition) is 4. The number of nitrogens with two attached hydrogens (primary N) is 2. The molecule has 0 aliphatic heterocycles. The van der Waals surface area contributed by atoms with Crippen LogP contribution in [0.15, 0.2) is 117 Å². The van der Waals surface area contributed by atoms with Gasteiger partial charge in [0.1, 0.15) is 5.78 Å². The first kappa shape index (κ1) is 47.8. The van der Waals surface area contributed by atoms with Crippen molar-refractivity contribution in [3.63, 3.8) is 0 Å². The van der Waals surface area contributed by atoms with Gasteiger partial charge in [0.25, 0.3) is 0 Å². The van der Waals surface area contributed by atoms with Crippen LogP contribution in [0.1, 0.15) is 65.7 Å². The zero-order valence-corrected chi connectivity index (χ0v) is 33.8. The lowest BCUT2D eigenvalue weighted by Crippen LogP contribution is -2.11. The number of Topliss-reactive ketones (excluding diaryl/α,β-unsaturated/α-hetero) is 1. The van der Waals surface area contributed by atoms with E-state index in [0.29, 0.717) is 38.5 Å². The molecule has 0 aliphatic carbocycles. The van der Waals surface area contributed by atoms with Gasteiger partial charge in [-0.15, -0.1) is 0 Å². The van der Waals surface area contributed by atoms with Crippen LogP contribution in [-0.2, 0) is 19.2 Å². The topological polar surface area (TPSA) is 144 Å². The molecule has 8 nitrogen and oxygen atoms in total. The first-order chi connectivity index (χ1) is 24.9. The second kappa shape index (κ2) is 28.2. The zero-order valence-electron chi connectivity index (χ0n) is 29.1. The Morgan fingerprint density at radius 1 is 0.528 bits per heavy atom. The molecule has 4 aromatic rings. The number of ketones is 1. The van der Waals surface area contributed by atoms with E-state index in [4.69, 9.17) is 34.7 Å². The first-order valence-electron chi connectivity index (χ1n) is 16.4. The van der Waals surface area contributed by atoms with Crippen LogP contribution in [0.25, 0.3) is 0 Å². The van der Waals surface area contributed by atoms with Crippen molar-refractivity contribution in [2.24, 2.45) is 0 Å². The zero-order chi connectivity index (χ0) is 38.1. The molecule has 6 N–H and O–H groups in total. The Morgan fingerprint density at radius 3 is 1.19 bits per heavy atom. The Morgan fingerprint density at radius 2 is 0.849 bits per heavy atom. The predicted octanol–water partition coefficient (Wildman–Crippen LogP) is 12.0. The number of rotatable bonds is 18. The standard InChI is InChI=1S/C20H24N2O2S2.C12H12N2S2.C6H8Cl2O2.CH4/c1-15(23)5-3-4-6-20(24)22-17-9-13-19(14-10-17)26-25-18-11-7-16(21-2)8-12-18;13-9-1-5-11(6-2-9)15-16-12-7-3-10(14)4-8-12;7-5(9)3-1-2-4-6(8)10;/h7-14,21H,3-6H2,1-2H3,(H,22,24);1-8H,13-14H2;1-4H2;1H4. The van der Waals surface area contributed by atoms with E-state index in [0.717, 1.165) is 40.5 Å². The van der Waals surface area contributed by atoms with Gasteiger partial charge >= 0.3 is 0 Å². The summed E-state index contributed by atoms with van der Waals surface area (Å²) in [7, 11) is 8.71. The summed E-state index contributed by atoms with van der Waals surface area (Å²) in [6, 6.07) is 31.8. The number of carbonyl (C=O) groups excluding carboxylic acids is 4. The van der Waals surface area contributed by atoms with Gasteiger partial charge < -0.3 is 26.9 Å². The molecular formula is C39H48Cl2N4O4S4. The quantitative estimate of drug-likeness (QED) is 0.0329. The van der Waals surface area contributed by atoms with Crippen LogP contribution in [0, 0.1) is 0 Å². The molecule has 0 spiro atoms. The largest absolute Gasteiger partial charge is 0.399 e. The van der Waals surface area contributed by atoms with Gasteiger partial charge in [0.15, 0.2) is 0 Å². The third-order valence-corrected chi connectivity index (χ3v) is 11.9. The summed E-state index contributed by atoms with van der Waals surface area (Å²) >= 11 is 10.1. The van der Waals surface area contributed by atoms with E-state index in [1.807, 2.05) is 79.8 Å². The summed E-state index contributed by atoms with van der Waals surface area (Å²) < 4.78 is 0. The summed E-state index contributed by atoms with van der Waals surface area (Å²) in [5.41, 5.74) is 14.7. The van der Waals surface area contributed by atoms with Gasteiger partial charge in [-0.1, -0.05) is 50.6 Å². The summed E-state index contributed by atoms with van der Waals surface area (Å²) in [6.45, 7) is 1.58. The van der Waals surface area contributed by atoms with Crippen LogP contribution < -0.4 is 22.1 Å². The van der Waals surface area contributed by atoms with E-state index in [1.54, 1.807) is 50.1 Å². The number of nitrogen functional groups attached to an aromatic ring is 2. The van der Waals surface area contributed by atoms with E-state index >= 15 is 0 Å². The average molecular weight is 836 g/mol. The monoisotopic (exact) mass is 834 g/mol. The van der Waals surface area contributed by atoms with Gasteiger partial charge in [-0.05, 0) is 153 Å². The van der Waals surface area contributed by atoms with Crippen LogP contribution in [0.4, 0.5) is 22.7 Å². The van der Waals surface area contributed by atoms with Gasteiger partial charge in [-0.2, -0.15) is 0 Å². The minimum atomic E-state index is -0.359. The highest BCUT2D eigenvalue weighted by atomic mass is 35.5. The number of amides is 1. The van der Waals surface area contributed by atoms with Crippen LogP contribution in [0.5, 0.6) is 0 Å². The molecule has 0 aromatic heterocycles. The second-order valence-corrected chi connectivity index (χ2v) is 16.5. The second-order valence-electron chi connectivity index (χ2n) is 11.1. The number of hydrogen-bond acceptors (Lipinski definition) is 11. The first-order valence-corrected chi connectivity index (χ1v) is 21.4. The molecule has 4 rings (SSSR count). The Hall–Kier alpha value is -3.26. The molecule has 286 valence electrons. The number of carbonyl (C=O) groups is 4. The lowest BCUT2D eigenvalue weighted by atomic mass is 10.1. The molecule has 53 heavy (non-hydrogen) atoms. The Balaban J connectivity index is 0.000000442. The highest BCUT2D eigenvalue weighted by Crippen LogP contribution is 2.38. The van der Waals surface area contributed by atoms with Crippen molar-refractivity contribution < 1.29 is 19.2 Å². The molecule has 0 fully saturated rings. The van der Waals surface area contributed by atoms with E-state index in [9.17, 15) is 19.2 Å². The third kappa shape index (κ3) is 23.9. The fraction of sp³-hybridized carbons (Fsp3) is 0.282. The molecule has 0 bridgehead atoms.